The molecule has 2 amide bonds. The van der Waals surface area contributed by atoms with Crippen molar-refractivity contribution < 1.29 is 9.59 Å². The van der Waals surface area contributed by atoms with E-state index in [1.54, 1.807) is 23.1 Å². The first-order valence-corrected chi connectivity index (χ1v) is 8.25. The molecule has 3 rings (SSSR count). The van der Waals surface area contributed by atoms with Gasteiger partial charge in [0.15, 0.2) is 0 Å². The SMILES string of the molecule is NC(=O)CC1CCCCN1C(=O)c1cc(=O)[nH]c2ccc(Cl)cc12. The fraction of sp³-hybridized carbons (Fsp3) is 0.353. The van der Waals surface area contributed by atoms with Crippen LogP contribution >= 0.6 is 11.6 Å². The van der Waals surface area contributed by atoms with Crippen LogP contribution < -0.4 is 11.3 Å². The van der Waals surface area contributed by atoms with Gasteiger partial charge in [0.1, 0.15) is 0 Å². The minimum atomic E-state index is -0.432. The number of hydrogen-bond donors (Lipinski definition) is 2. The Morgan fingerprint density at radius 2 is 2.08 bits per heavy atom. The Hall–Kier alpha value is -2.34. The van der Waals surface area contributed by atoms with Crippen LogP contribution in [0.3, 0.4) is 0 Å². The van der Waals surface area contributed by atoms with Crippen LogP contribution in [0, 0.1) is 0 Å². The van der Waals surface area contributed by atoms with Crippen LogP contribution in [0.2, 0.25) is 5.02 Å². The van der Waals surface area contributed by atoms with Gasteiger partial charge in [-0.3, -0.25) is 14.4 Å². The van der Waals surface area contributed by atoms with Crippen LogP contribution in [0.25, 0.3) is 10.9 Å². The summed E-state index contributed by atoms with van der Waals surface area (Å²) in [6, 6.07) is 6.05. The highest BCUT2D eigenvalue weighted by Gasteiger charge is 2.29. The molecule has 1 aliphatic rings. The molecule has 0 spiro atoms. The molecule has 0 aliphatic carbocycles. The zero-order valence-electron chi connectivity index (χ0n) is 13.0. The van der Waals surface area contributed by atoms with Crippen LogP contribution in [-0.2, 0) is 4.79 Å². The zero-order valence-corrected chi connectivity index (χ0v) is 13.8. The third-order valence-electron chi connectivity index (χ3n) is 4.36. The molecule has 0 radical (unpaired) electrons. The van der Waals surface area contributed by atoms with Gasteiger partial charge in [-0.2, -0.15) is 0 Å². The molecule has 1 fully saturated rings. The van der Waals surface area contributed by atoms with Crippen molar-refractivity contribution in [1.82, 2.24) is 9.88 Å². The normalized spacial score (nSPS) is 17.9. The maximum absolute atomic E-state index is 13.0. The summed E-state index contributed by atoms with van der Waals surface area (Å²) in [6.07, 6.45) is 2.68. The number of carbonyl (C=O) groups excluding carboxylic acids is 2. The molecule has 1 aliphatic heterocycles. The fourth-order valence-electron chi connectivity index (χ4n) is 3.27. The standard InChI is InChI=1S/C17H18ClN3O3/c18-10-4-5-14-12(7-10)13(9-16(23)20-14)17(24)21-6-2-1-3-11(21)8-15(19)22/h4-5,7,9,11H,1-3,6,8H2,(H2,19,22)(H,20,23). The molecule has 2 aromatic rings. The average Bonchev–Trinajstić information content (AvgIpc) is 2.54. The van der Waals surface area contributed by atoms with Crippen molar-refractivity contribution in [3.63, 3.8) is 0 Å². The van der Waals surface area contributed by atoms with E-state index in [4.69, 9.17) is 17.3 Å². The number of pyridine rings is 1. The maximum atomic E-state index is 13.0. The smallest absolute Gasteiger partial charge is 0.255 e. The van der Waals surface area contributed by atoms with Crippen LogP contribution in [-0.4, -0.2) is 34.3 Å². The van der Waals surface area contributed by atoms with E-state index >= 15 is 0 Å². The van der Waals surface area contributed by atoms with Gasteiger partial charge in [0.2, 0.25) is 11.5 Å². The van der Waals surface area contributed by atoms with E-state index in [-0.39, 0.29) is 23.9 Å². The Labute approximate surface area is 143 Å². The number of piperidine rings is 1. The van der Waals surface area contributed by atoms with Crippen LogP contribution in [0.5, 0.6) is 0 Å². The van der Waals surface area contributed by atoms with Gasteiger partial charge in [-0.25, -0.2) is 0 Å². The molecule has 0 saturated carbocycles. The number of halogens is 1. The highest BCUT2D eigenvalue weighted by molar-refractivity contribution is 6.31. The lowest BCUT2D eigenvalue weighted by Gasteiger charge is -2.35. The third kappa shape index (κ3) is 3.28. The van der Waals surface area contributed by atoms with Crippen molar-refractivity contribution in [2.45, 2.75) is 31.7 Å². The summed E-state index contributed by atoms with van der Waals surface area (Å²) in [5.41, 5.74) is 5.81. The van der Waals surface area contributed by atoms with Gasteiger partial charge in [0.25, 0.3) is 5.91 Å². The number of rotatable bonds is 3. The summed E-state index contributed by atoms with van der Waals surface area (Å²) in [6.45, 7) is 0.547. The number of carbonyl (C=O) groups is 2. The molecule has 1 atom stereocenters. The van der Waals surface area contributed by atoms with E-state index in [2.05, 4.69) is 4.98 Å². The number of nitrogens with one attached hydrogen (secondary N) is 1. The molecule has 7 heteroatoms. The second kappa shape index (κ2) is 6.65. The van der Waals surface area contributed by atoms with Gasteiger partial charge < -0.3 is 15.6 Å². The molecule has 24 heavy (non-hydrogen) atoms. The predicted octanol–water partition coefficient (Wildman–Crippen LogP) is 2.05. The van der Waals surface area contributed by atoms with E-state index in [1.165, 1.54) is 6.07 Å². The quantitative estimate of drug-likeness (QED) is 0.889. The van der Waals surface area contributed by atoms with Crippen LogP contribution in [0.4, 0.5) is 0 Å². The highest BCUT2D eigenvalue weighted by Crippen LogP contribution is 2.25. The van der Waals surface area contributed by atoms with E-state index in [1.807, 2.05) is 0 Å². The Bertz CT molecular complexity index is 862. The number of aromatic nitrogens is 1. The molecule has 3 N–H and O–H groups in total. The Morgan fingerprint density at radius 1 is 1.29 bits per heavy atom. The highest BCUT2D eigenvalue weighted by atomic mass is 35.5. The number of fused-ring (bicyclic) bond motifs is 1. The largest absolute Gasteiger partial charge is 0.370 e. The third-order valence-corrected chi connectivity index (χ3v) is 4.60. The summed E-state index contributed by atoms with van der Waals surface area (Å²) in [4.78, 5) is 40.6. The summed E-state index contributed by atoms with van der Waals surface area (Å²) >= 11 is 6.04. The van der Waals surface area contributed by atoms with Gasteiger partial charge in [-0.15, -0.1) is 0 Å². The molecule has 1 saturated heterocycles. The lowest BCUT2D eigenvalue weighted by atomic mass is 9.97. The summed E-state index contributed by atoms with van der Waals surface area (Å²) in [7, 11) is 0. The first-order valence-electron chi connectivity index (χ1n) is 7.87. The van der Waals surface area contributed by atoms with Gasteiger partial charge in [0, 0.05) is 41.0 Å². The second-order valence-electron chi connectivity index (χ2n) is 6.06. The van der Waals surface area contributed by atoms with E-state index in [0.29, 0.717) is 28.0 Å². The van der Waals surface area contributed by atoms with Crippen molar-refractivity contribution in [2.75, 3.05) is 6.54 Å². The summed E-state index contributed by atoms with van der Waals surface area (Å²) in [5, 5.41) is 1.08. The van der Waals surface area contributed by atoms with E-state index in [0.717, 1.165) is 19.3 Å². The van der Waals surface area contributed by atoms with Gasteiger partial charge in [-0.1, -0.05) is 11.6 Å². The first-order chi connectivity index (χ1) is 11.5. The number of aromatic amines is 1. The molecular formula is C17H18ClN3O3. The Balaban J connectivity index is 2.05. The minimum absolute atomic E-state index is 0.133. The van der Waals surface area contributed by atoms with Crippen molar-refractivity contribution in [2.24, 2.45) is 5.73 Å². The molecule has 1 aromatic carbocycles. The van der Waals surface area contributed by atoms with Crippen LogP contribution in [0.15, 0.2) is 29.1 Å². The van der Waals surface area contributed by atoms with E-state index < -0.39 is 5.91 Å². The fourth-order valence-corrected chi connectivity index (χ4v) is 3.44. The topological polar surface area (TPSA) is 96.3 Å². The average molecular weight is 348 g/mol. The van der Waals surface area contributed by atoms with E-state index in [9.17, 15) is 14.4 Å². The Kier molecular flexibility index (Phi) is 4.57. The van der Waals surface area contributed by atoms with Crippen molar-refractivity contribution in [1.29, 1.82) is 0 Å². The monoisotopic (exact) mass is 347 g/mol. The van der Waals surface area contributed by atoms with Gasteiger partial charge >= 0.3 is 0 Å². The number of benzene rings is 1. The minimum Gasteiger partial charge on any atom is -0.370 e. The van der Waals surface area contributed by atoms with Crippen LogP contribution in [0.1, 0.15) is 36.0 Å². The number of H-pyrrole nitrogens is 1. The first kappa shape index (κ1) is 16.5. The summed E-state index contributed by atoms with van der Waals surface area (Å²) < 4.78 is 0. The molecular weight excluding hydrogens is 330 g/mol. The number of nitrogens with zero attached hydrogens (tertiary/aromatic N) is 1. The van der Waals surface area contributed by atoms with Crippen molar-refractivity contribution in [3.05, 3.63) is 45.2 Å². The number of amides is 2. The second-order valence-corrected chi connectivity index (χ2v) is 6.49. The van der Waals surface area contributed by atoms with Crippen molar-refractivity contribution in [3.8, 4) is 0 Å². The lowest BCUT2D eigenvalue weighted by Crippen LogP contribution is -2.45. The van der Waals surface area contributed by atoms with Crippen molar-refractivity contribution >= 4 is 34.3 Å². The number of hydrogen-bond acceptors (Lipinski definition) is 3. The van der Waals surface area contributed by atoms with Gasteiger partial charge in [-0.05, 0) is 37.5 Å². The number of primary amides is 1. The lowest BCUT2D eigenvalue weighted by molar-refractivity contribution is -0.119. The molecule has 6 nitrogen and oxygen atoms in total. The predicted molar refractivity (Wildman–Crippen MR) is 92.1 cm³/mol. The zero-order chi connectivity index (χ0) is 17.3. The molecule has 0 bridgehead atoms. The number of likely N-dealkylation sites (tertiary alicyclic amines) is 1. The molecule has 126 valence electrons. The summed E-state index contributed by atoms with van der Waals surface area (Å²) in [5.74, 6) is -0.696. The number of nitrogens with two attached hydrogens (primary N) is 1. The molecule has 1 aromatic heterocycles. The molecule has 2 heterocycles. The Morgan fingerprint density at radius 3 is 2.83 bits per heavy atom. The maximum Gasteiger partial charge on any atom is 0.255 e. The molecule has 1 unspecified atom stereocenters. The van der Waals surface area contributed by atoms with Gasteiger partial charge in [0.05, 0.1) is 5.56 Å².